The van der Waals surface area contributed by atoms with Crippen LogP contribution in [0.5, 0.6) is 0 Å². The number of carbonyl (C=O) groups is 1. The number of pyridine rings is 1. The molecule has 1 fully saturated rings. The second-order valence-electron chi connectivity index (χ2n) is 4.49. The maximum Gasteiger partial charge on any atom is 0.144 e. The van der Waals surface area contributed by atoms with Gasteiger partial charge in [0.05, 0.1) is 0 Å². The van der Waals surface area contributed by atoms with Crippen molar-refractivity contribution in [3.05, 3.63) is 29.6 Å². The number of rotatable bonds is 3. The van der Waals surface area contributed by atoms with E-state index in [1.165, 1.54) is 0 Å². The van der Waals surface area contributed by atoms with Crippen LogP contribution in [0.4, 0.5) is 0 Å². The molecule has 2 heteroatoms. The van der Waals surface area contributed by atoms with E-state index in [-0.39, 0.29) is 5.41 Å². The molecular weight excluding hydrogens is 174 g/mol. The van der Waals surface area contributed by atoms with Crippen LogP contribution in [0.25, 0.3) is 0 Å². The molecule has 0 bridgehead atoms. The van der Waals surface area contributed by atoms with Gasteiger partial charge in [-0.05, 0) is 31.4 Å². The van der Waals surface area contributed by atoms with Crippen molar-refractivity contribution < 1.29 is 4.79 Å². The molecular formula is C12H15NO. The van der Waals surface area contributed by atoms with Gasteiger partial charge >= 0.3 is 0 Å². The molecule has 2 rings (SSSR count). The maximum atomic E-state index is 11.7. The van der Waals surface area contributed by atoms with Gasteiger partial charge in [0.2, 0.25) is 0 Å². The first-order valence-electron chi connectivity index (χ1n) is 5.05. The van der Waals surface area contributed by atoms with E-state index in [4.69, 9.17) is 0 Å². The van der Waals surface area contributed by atoms with Crippen LogP contribution >= 0.6 is 0 Å². The van der Waals surface area contributed by atoms with Crippen LogP contribution in [0, 0.1) is 12.3 Å². The van der Waals surface area contributed by atoms with Gasteiger partial charge in [-0.1, -0.05) is 13.0 Å². The largest absolute Gasteiger partial charge is 0.299 e. The summed E-state index contributed by atoms with van der Waals surface area (Å²) in [6.45, 7) is 4.05. The van der Waals surface area contributed by atoms with Crippen LogP contribution in [-0.4, -0.2) is 10.8 Å². The molecule has 1 heterocycles. The van der Waals surface area contributed by atoms with Crippen LogP contribution in [0.2, 0.25) is 0 Å². The van der Waals surface area contributed by atoms with Crippen LogP contribution in [0.1, 0.15) is 31.0 Å². The topological polar surface area (TPSA) is 30.0 Å². The molecule has 0 radical (unpaired) electrons. The van der Waals surface area contributed by atoms with Gasteiger partial charge in [-0.3, -0.25) is 9.78 Å². The zero-order valence-electron chi connectivity index (χ0n) is 8.71. The third-order valence-electron chi connectivity index (χ3n) is 2.99. The molecule has 1 aliphatic carbocycles. The van der Waals surface area contributed by atoms with E-state index in [2.05, 4.69) is 4.98 Å². The Hall–Kier alpha value is -1.18. The lowest BCUT2D eigenvalue weighted by Crippen LogP contribution is -2.15. The molecule has 0 atom stereocenters. The van der Waals surface area contributed by atoms with E-state index in [0.717, 1.165) is 24.1 Å². The van der Waals surface area contributed by atoms with Crippen molar-refractivity contribution in [3.63, 3.8) is 0 Å². The van der Waals surface area contributed by atoms with Gasteiger partial charge in [-0.2, -0.15) is 0 Å². The van der Waals surface area contributed by atoms with Crippen molar-refractivity contribution in [2.24, 2.45) is 5.41 Å². The van der Waals surface area contributed by atoms with Crippen molar-refractivity contribution in [3.8, 4) is 0 Å². The molecule has 0 amide bonds. The molecule has 0 saturated heterocycles. The predicted octanol–water partition coefficient (Wildman–Crippen LogP) is 2.30. The Balaban J connectivity index is 2.04. The second kappa shape index (κ2) is 3.19. The Morgan fingerprint density at radius 3 is 2.71 bits per heavy atom. The van der Waals surface area contributed by atoms with Crippen molar-refractivity contribution in [2.75, 3.05) is 0 Å². The zero-order chi connectivity index (χ0) is 10.2. The summed E-state index contributed by atoms with van der Waals surface area (Å²) < 4.78 is 0. The SMILES string of the molecule is Cc1ccc(CC(=O)C2(C)CC2)nc1. The molecule has 14 heavy (non-hydrogen) atoms. The molecule has 0 spiro atoms. The number of nitrogens with zero attached hydrogens (tertiary/aromatic N) is 1. The molecule has 0 N–H and O–H groups in total. The molecule has 2 nitrogen and oxygen atoms in total. The van der Waals surface area contributed by atoms with E-state index in [9.17, 15) is 4.79 Å². The van der Waals surface area contributed by atoms with Gasteiger partial charge in [0.15, 0.2) is 0 Å². The first kappa shape index (κ1) is 9.38. The average Bonchev–Trinajstić information content (AvgIpc) is 2.89. The monoisotopic (exact) mass is 189 g/mol. The summed E-state index contributed by atoms with van der Waals surface area (Å²) in [5.74, 6) is 0.342. The Morgan fingerprint density at radius 1 is 1.50 bits per heavy atom. The number of aromatic nitrogens is 1. The Labute approximate surface area is 84.4 Å². The number of carbonyl (C=O) groups excluding carboxylic acids is 1. The van der Waals surface area contributed by atoms with Crippen molar-refractivity contribution in [1.82, 2.24) is 4.98 Å². The van der Waals surface area contributed by atoms with Crippen molar-refractivity contribution >= 4 is 5.78 Å². The first-order chi connectivity index (χ1) is 6.60. The predicted molar refractivity (Wildman–Crippen MR) is 55.0 cm³/mol. The molecule has 0 unspecified atom stereocenters. The second-order valence-corrected chi connectivity index (χ2v) is 4.49. The van der Waals surface area contributed by atoms with Gasteiger partial charge in [0.1, 0.15) is 5.78 Å². The summed E-state index contributed by atoms with van der Waals surface area (Å²) in [4.78, 5) is 16.0. The number of Topliss-reactive ketones (excluding diaryl/α,β-unsaturated/α-hetero) is 1. The molecule has 1 aromatic heterocycles. The lowest BCUT2D eigenvalue weighted by atomic mass is 9.99. The highest BCUT2D eigenvalue weighted by atomic mass is 16.1. The molecule has 1 aromatic rings. The Bertz CT molecular complexity index is 349. The normalized spacial score (nSPS) is 17.9. The smallest absolute Gasteiger partial charge is 0.144 e. The molecule has 74 valence electrons. The van der Waals surface area contributed by atoms with Crippen LogP contribution in [0.3, 0.4) is 0 Å². The van der Waals surface area contributed by atoms with Gasteiger partial charge in [-0.15, -0.1) is 0 Å². The minimum atomic E-state index is -0.0213. The summed E-state index contributed by atoms with van der Waals surface area (Å²) in [7, 11) is 0. The van der Waals surface area contributed by atoms with Gasteiger partial charge < -0.3 is 0 Å². The molecule has 0 aromatic carbocycles. The van der Waals surface area contributed by atoms with Crippen LogP contribution in [-0.2, 0) is 11.2 Å². The van der Waals surface area contributed by atoms with E-state index >= 15 is 0 Å². The summed E-state index contributed by atoms with van der Waals surface area (Å²) in [6.07, 6.45) is 4.42. The van der Waals surface area contributed by atoms with Gasteiger partial charge in [-0.25, -0.2) is 0 Å². The van der Waals surface area contributed by atoms with Gasteiger partial charge in [0, 0.05) is 23.7 Å². The Kier molecular flexibility index (Phi) is 2.14. The zero-order valence-corrected chi connectivity index (χ0v) is 8.71. The molecule has 1 aliphatic rings. The molecule has 0 aliphatic heterocycles. The van der Waals surface area contributed by atoms with E-state index < -0.39 is 0 Å². The summed E-state index contributed by atoms with van der Waals surface area (Å²) in [5, 5.41) is 0. The number of aryl methyl sites for hydroxylation is 1. The third-order valence-corrected chi connectivity index (χ3v) is 2.99. The van der Waals surface area contributed by atoms with E-state index in [0.29, 0.717) is 12.2 Å². The lowest BCUT2D eigenvalue weighted by molar-refractivity contribution is -0.122. The summed E-state index contributed by atoms with van der Waals surface area (Å²) in [5.41, 5.74) is 2.01. The summed E-state index contributed by atoms with van der Waals surface area (Å²) >= 11 is 0. The highest BCUT2D eigenvalue weighted by Gasteiger charge is 2.44. The van der Waals surface area contributed by atoms with Crippen molar-refractivity contribution in [2.45, 2.75) is 33.1 Å². The van der Waals surface area contributed by atoms with Crippen molar-refractivity contribution in [1.29, 1.82) is 0 Å². The van der Waals surface area contributed by atoms with Crippen LogP contribution in [0.15, 0.2) is 18.3 Å². The van der Waals surface area contributed by atoms with E-state index in [1.807, 2.05) is 32.2 Å². The number of hydrogen-bond donors (Lipinski definition) is 0. The minimum absolute atomic E-state index is 0.0213. The fourth-order valence-electron chi connectivity index (χ4n) is 1.45. The Morgan fingerprint density at radius 2 is 2.21 bits per heavy atom. The highest BCUT2D eigenvalue weighted by Crippen LogP contribution is 2.46. The number of ketones is 1. The molecule has 1 saturated carbocycles. The quantitative estimate of drug-likeness (QED) is 0.730. The van der Waals surface area contributed by atoms with E-state index in [1.54, 1.807) is 0 Å². The third kappa shape index (κ3) is 1.84. The lowest BCUT2D eigenvalue weighted by Gasteiger charge is -2.06. The minimum Gasteiger partial charge on any atom is -0.299 e. The fourth-order valence-corrected chi connectivity index (χ4v) is 1.45. The average molecular weight is 189 g/mol. The van der Waals surface area contributed by atoms with Crippen LogP contribution < -0.4 is 0 Å². The number of hydrogen-bond acceptors (Lipinski definition) is 2. The summed E-state index contributed by atoms with van der Waals surface area (Å²) in [6, 6.07) is 3.95. The fraction of sp³-hybridized carbons (Fsp3) is 0.500. The highest BCUT2D eigenvalue weighted by molar-refractivity contribution is 5.88. The maximum absolute atomic E-state index is 11.7. The van der Waals surface area contributed by atoms with Gasteiger partial charge in [0.25, 0.3) is 0 Å². The first-order valence-corrected chi connectivity index (χ1v) is 5.05. The standard InChI is InChI=1S/C12H15NO/c1-9-3-4-10(13-8-9)7-11(14)12(2)5-6-12/h3-4,8H,5-7H2,1-2H3.